The summed E-state index contributed by atoms with van der Waals surface area (Å²) < 4.78 is 13.8. The maximum absolute atomic E-state index is 13.8. The first-order valence-electron chi connectivity index (χ1n) is 5.56. The van der Waals surface area contributed by atoms with Crippen LogP contribution in [-0.2, 0) is 0 Å². The van der Waals surface area contributed by atoms with Crippen molar-refractivity contribution in [2.45, 2.75) is 6.92 Å². The van der Waals surface area contributed by atoms with Gasteiger partial charge in [0.1, 0.15) is 11.6 Å². The van der Waals surface area contributed by atoms with Crippen LogP contribution >= 0.6 is 11.6 Å². The Kier molecular flexibility index (Phi) is 2.56. The van der Waals surface area contributed by atoms with E-state index in [1.165, 1.54) is 6.07 Å². The number of benzene rings is 2. The van der Waals surface area contributed by atoms with E-state index in [9.17, 15) is 4.39 Å². The van der Waals surface area contributed by atoms with Crippen LogP contribution in [0.1, 0.15) is 5.56 Å². The highest BCUT2D eigenvalue weighted by atomic mass is 35.5. The van der Waals surface area contributed by atoms with Crippen molar-refractivity contribution in [3.63, 3.8) is 0 Å². The predicted octanol–water partition coefficient (Wildman–Crippen LogP) is 4.33. The smallest absolute Gasteiger partial charge is 0.141 e. The molecule has 0 fully saturated rings. The molecule has 90 valence electrons. The maximum Gasteiger partial charge on any atom is 0.141 e. The van der Waals surface area contributed by atoms with Gasteiger partial charge in [0.2, 0.25) is 0 Å². The molecule has 3 rings (SSSR count). The largest absolute Gasteiger partial charge is 0.338 e. The lowest BCUT2D eigenvalue weighted by molar-refractivity contribution is 0.630. The van der Waals surface area contributed by atoms with E-state index in [1.807, 2.05) is 25.1 Å². The summed E-state index contributed by atoms with van der Waals surface area (Å²) in [6.45, 7) is 1.98. The summed E-state index contributed by atoms with van der Waals surface area (Å²) in [6.07, 6.45) is 0. The number of para-hydroxylation sites is 1. The van der Waals surface area contributed by atoms with Gasteiger partial charge < -0.3 is 4.98 Å². The van der Waals surface area contributed by atoms with E-state index in [-0.39, 0.29) is 5.82 Å². The summed E-state index contributed by atoms with van der Waals surface area (Å²) in [5, 5.41) is 0.378. The van der Waals surface area contributed by atoms with Crippen molar-refractivity contribution in [1.29, 1.82) is 0 Å². The minimum Gasteiger partial charge on any atom is -0.338 e. The first kappa shape index (κ1) is 11.2. The minimum absolute atomic E-state index is 0.376. The molecular formula is C14H10ClFN2. The molecule has 1 aromatic heterocycles. The van der Waals surface area contributed by atoms with Crippen molar-refractivity contribution in [2.24, 2.45) is 0 Å². The van der Waals surface area contributed by atoms with Crippen molar-refractivity contribution < 1.29 is 4.39 Å². The number of nitrogens with one attached hydrogen (secondary N) is 1. The van der Waals surface area contributed by atoms with Crippen LogP contribution in [0.4, 0.5) is 4.39 Å². The third-order valence-corrected chi connectivity index (χ3v) is 3.14. The summed E-state index contributed by atoms with van der Waals surface area (Å²) in [7, 11) is 0. The van der Waals surface area contributed by atoms with Crippen LogP contribution in [-0.4, -0.2) is 9.97 Å². The van der Waals surface area contributed by atoms with E-state index >= 15 is 0 Å². The zero-order valence-corrected chi connectivity index (χ0v) is 10.4. The van der Waals surface area contributed by atoms with Gasteiger partial charge >= 0.3 is 0 Å². The van der Waals surface area contributed by atoms with Gasteiger partial charge in [0.15, 0.2) is 0 Å². The molecular weight excluding hydrogens is 251 g/mol. The van der Waals surface area contributed by atoms with Gasteiger partial charge in [0.05, 0.1) is 16.6 Å². The number of nitrogens with zero attached hydrogens (tertiary/aromatic N) is 1. The Hall–Kier alpha value is -1.87. The molecule has 0 saturated heterocycles. The maximum atomic E-state index is 13.8. The number of H-pyrrole nitrogens is 1. The van der Waals surface area contributed by atoms with Crippen molar-refractivity contribution >= 4 is 22.6 Å². The molecule has 2 nitrogen and oxygen atoms in total. The summed E-state index contributed by atoms with van der Waals surface area (Å²) >= 11 is 5.74. The first-order valence-corrected chi connectivity index (χ1v) is 5.94. The zero-order chi connectivity index (χ0) is 12.7. The average molecular weight is 261 g/mol. The van der Waals surface area contributed by atoms with Crippen LogP contribution in [0.3, 0.4) is 0 Å². The molecule has 0 spiro atoms. The van der Waals surface area contributed by atoms with Gasteiger partial charge in [-0.2, -0.15) is 0 Å². The molecule has 2 aromatic carbocycles. The van der Waals surface area contributed by atoms with Gasteiger partial charge in [-0.3, -0.25) is 0 Å². The minimum atomic E-state index is -0.376. The highest BCUT2D eigenvalue weighted by Gasteiger charge is 2.11. The van der Waals surface area contributed by atoms with Gasteiger partial charge in [-0.25, -0.2) is 9.37 Å². The number of aromatic amines is 1. The number of hydrogen-bond donors (Lipinski definition) is 1. The fourth-order valence-corrected chi connectivity index (χ4v) is 2.14. The standard InChI is InChI=1S/C14H10ClFN2/c1-8-3-2-4-12-13(8)18-14(17-12)10-6-5-9(15)7-11(10)16/h2-7H,1H3,(H,17,18). The van der Waals surface area contributed by atoms with Crippen LogP contribution in [0.2, 0.25) is 5.02 Å². The third-order valence-electron chi connectivity index (χ3n) is 2.90. The molecule has 0 unspecified atom stereocenters. The van der Waals surface area contributed by atoms with E-state index in [1.54, 1.807) is 12.1 Å². The fraction of sp³-hybridized carbons (Fsp3) is 0.0714. The molecule has 0 aliphatic heterocycles. The Morgan fingerprint density at radius 2 is 2.06 bits per heavy atom. The van der Waals surface area contributed by atoms with E-state index in [0.29, 0.717) is 16.4 Å². The van der Waals surface area contributed by atoms with Gasteiger partial charge in [0, 0.05) is 5.02 Å². The Labute approximate surface area is 108 Å². The lowest BCUT2D eigenvalue weighted by atomic mass is 10.2. The summed E-state index contributed by atoms with van der Waals surface area (Å²) in [5.74, 6) is 0.146. The second-order valence-electron chi connectivity index (χ2n) is 4.18. The summed E-state index contributed by atoms with van der Waals surface area (Å²) in [6, 6.07) is 10.4. The van der Waals surface area contributed by atoms with Gasteiger partial charge in [-0.05, 0) is 36.8 Å². The van der Waals surface area contributed by atoms with Crippen molar-refractivity contribution in [1.82, 2.24) is 9.97 Å². The van der Waals surface area contributed by atoms with Crippen LogP contribution in [0.15, 0.2) is 36.4 Å². The van der Waals surface area contributed by atoms with E-state index in [2.05, 4.69) is 9.97 Å². The Morgan fingerprint density at radius 1 is 1.22 bits per heavy atom. The molecule has 0 aliphatic rings. The summed E-state index contributed by atoms with van der Waals surface area (Å²) in [4.78, 5) is 7.55. The van der Waals surface area contributed by atoms with Crippen LogP contribution in [0.5, 0.6) is 0 Å². The molecule has 0 amide bonds. The number of aryl methyl sites for hydroxylation is 1. The van der Waals surface area contributed by atoms with Crippen LogP contribution < -0.4 is 0 Å². The number of imidazole rings is 1. The monoisotopic (exact) mass is 260 g/mol. The number of halogens is 2. The summed E-state index contributed by atoms with van der Waals surface area (Å²) in [5.41, 5.74) is 3.25. The molecule has 0 bridgehead atoms. The van der Waals surface area contributed by atoms with Gasteiger partial charge in [-0.15, -0.1) is 0 Å². The molecule has 1 N–H and O–H groups in total. The van der Waals surface area contributed by atoms with Crippen molar-refractivity contribution in [3.8, 4) is 11.4 Å². The second kappa shape index (κ2) is 4.10. The zero-order valence-electron chi connectivity index (χ0n) is 9.67. The molecule has 0 radical (unpaired) electrons. The third kappa shape index (κ3) is 1.77. The molecule has 0 atom stereocenters. The average Bonchev–Trinajstić information content (AvgIpc) is 2.74. The number of hydrogen-bond acceptors (Lipinski definition) is 1. The predicted molar refractivity (Wildman–Crippen MR) is 71.2 cm³/mol. The highest BCUT2D eigenvalue weighted by Crippen LogP contribution is 2.26. The SMILES string of the molecule is Cc1cccc2[nH]c(-c3ccc(Cl)cc3F)nc12. The van der Waals surface area contributed by atoms with Crippen molar-refractivity contribution in [2.75, 3.05) is 0 Å². The van der Waals surface area contributed by atoms with Gasteiger partial charge in [-0.1, -0.05) is 23.7 Å². The van der Waals surface area contributed by atoms with E-state index < -0.39 is 0 Å². The topological polar surface area (TPSA) is 28.7 Å². The lowest BCUT2D eigenvalue weighted by Crippen LogP contribution is -1.86. The molecule has 4 heteroatoms. The normalized spacial score (nSPS) is 11.1. The Morgan fingerprint density at radius 3 is 2.78 bits per heavy atom. The molecule has 0 saturated carbocycles. The first-order chi connectivity index (χ1) is 8.65. The highest BCUT2D eigenvalue weighted by molar-refractivity contribution is 6.30. The fourth-order valence-electron chi connectivity index (χ4n) is 1.98. The quantitative estimate of drug-likeness (QED) is 0.693. The lowest BCUT2D eigenvalue weighted by Gasteiger charge is -1.99. The van der Waals surface area contributed by atoms with E-state index in [0.717, 1.165) is 16.6 Å². The Bertz CT molecular complexity index is 734. The van der Waals surface area contributed by atoms with Crippen LogP contribution in [0, 0.1) is 12.7 Å². The van der Waals surface area contributed by atoms with Crippen molar-refractivity contribution in [3.05, 3.63) is 52.8 Å². The van der Waals surface area contributed by atoms with Gasteiger partial charge in [0.25, 0.3) is 0 Å². The molecule has 18 heavy (non-hydrogen) atoms. The van der Waals surface area contributed by atoms with Crippen LogP contribution in [0.25, 0.3) is 22.4 Å². The second-order valence-corrected chi connectivity index (χ2v) is 4.62. The van der Waals surface area contributed by atoms with E-state index in [4.69, 9.17) is 11.6 Å². The number of rotatable bonds is 1. The number of aromatic nitrogens is 2. The number of fused-ring (bicyclic) bond motifs is 1. The molecule has 3 aromatic rings. The molecule has 1 heterocycles. The molecule has 0 aliphatic carbocycles. The Balaban J connectivity index is 2.23.